The fourth-order valence-electron chi connectivity index (χ4n) is 6.06. The van der Waals surface area contributed by atoms with E-state index in [1.807, 2.05) is 110 Å². The molecule has 6 nitrogen and oxygen atoms in total. The zero-order chi connectivity index (χ0) is 31.7. The van der Waals surface area contributed by atoms with Crippen molar-refractivity contribution in [2.75, 3.05) is 0 Å². The Balaban J connectivity index is 1.13. The Kier molecular flexibility index (Phi) is 7.08. The van der Waals surface area contributed by atoms with E-state index in [2.05, 4.69) is 54.6 Å². The minimum Gasteiger partial charge on any atom is -0.294 e. The Morgan fingerprint density at radius 1 is 0.426 bits per heavy atom. The van der Waals surface area contributed by atoms with E-state index >= 15 is 0 Å². The van der Waals surface area contributed by atoms with Crippen molar-refractivity contribution >= 4 is 11.0 Å². The molecule has 0 spiro atoms. The van der Waals surface area contributed by atoms with Gasteiger partial charge in [0.25, 0.3) is 0 Å². The Labute approximate surface area is 271 Å². The van der Waals surface area contributed by atoms with Crippen LogP contribution < -0.4 is 5.69 Å². The second-order valence-corrected chi connectivity index (χ2v) is 11.4. The largest absolute Gasteiger partial charge is 0.333 e. The van der Waals surface area contributed by atoms with E-state index in [0.29, 0.717) is 17.5 Å². The molecule has 47 heavy (non-hydrogen) atoms. The summed E-state index contributed by atoms with van der Waals surface area (Å²) in [5.74, 6) is 1.90. The monoisotopic (exact) mass is 607 g/mol. The number of fused-ring (bicyclic) bond motifs is 1. The van der Waals surface area contributed by atoms with E-state index in [-0.39, 0.29) is 5.69 Å². The standard InChI is InChI=1S/C41H29N5O/c1-45-37-35(18-11-19-36(37)46(41(45)47)34-16-9-4-10-17-34)30-24-20-28(21-25-30)29-22-26-33(27-23-29)40-43-38(31-12-5-2-6-13-31)42-39(44-40)32-14-7-3-8-15-32/h2-27H,1H3. The smallest absolute Gasteiger partial charge is 0.294 e. The number of hydrogen-bond donors (Lipinski definition) is 0. The number of rotatable bonds is 6. The van der Waals surface area contributed by atoms with Gasteiger partial charge in [-0.2, -0.15) is 0 Å². The maximum atomic E-state index is 13.3. The van der Waals surface area contributed by atoms with Crippen LogP contribution in [0.4, 0.5) is 0 Å². The highest BCUT2D eigenvalue weighted by molar-refractivity contribution is 5.94. The van der Waals surface area contributed by atoms with Gasteiger partial charge in [0.15, 0.2) is 17.5 Å². The van der Waals surface area contributed by atoms with Crippen molar-refractivity contribution in [2.45, 2.75) is 0 Å². The second-order valence-electron chi connectivity index (χ2n) is 11.4. The average Bonchev–Trinajstić information content (AvgIpc) is 3.41. The summed E-state index contributed by atoms with van der Waals surface area (Å²) >= 11 is 0. The second kappa shape index (κ2) is 11.8. The van der Waals surface area contributed by atoms with Gasteiger partial charge < -0.3 is 0 Å². The van der Waals surface area contributed by atoms with Crippen LogP contribution in [0.1, 0.15) is 0 Å². The van der Waals surface area contributed by atoms with Crippen molar-refractivity contribution in [3.05, 3.63) is 168 Å². The van der Waals surface area contributed by atoms with E-state index in [4.69, 9.17) is 15.0 Å². The third-order valence-electron chi connectivity index (χ3n) is 8.46. The van der Waals surface area contributed by atoms with E-state index in [0.717, 1.165) is 55.7 Å². The van der Waals surface area contributed by atoms with Crippen LogP contribution in [0.25, 0.3) is 73.1 Å². The quantitative estimate of drug-likeness (QED) is 0.189. The lowest BCUT2D eigenvalue weighted by Gasteiger charge is -2.10. The van der Waals surface area contributed by atoms with Gasteiger partial charge in [0.2, 0.25) is 0 Å². The summed E-state index contributed by atoms with van der Waals surface area (Å²) in [6.45, 7) is 0. The van der Waals surface area contributed by atoms with E-state index < -0.39 is 0 Å². The third kappa shape index (κ3) is 5.22. The Hall–Kier alpha value is -6.40. The fraction of sp³-hybridized carbons (Fsp3) is 0.0244. The van der Waals surface area contributed by atoms with Gasteiger partial charge in [-0.15, -0.1) is 0 Å². The molecule has 0 amide bonds. The van der Waals surface area contributed by atoms with E-state index in [1.165, 1.54) is 0 Å². The van der Waals surface area contributed by atoms with Crippen molar-refractivity contribution in [1.82, 2.24) is 24.1 Å². The molecule has 0 saturated heterocycles. The minimum atomic E-state index is -0.0692. The summed E-state index contributed by atoms with van der Waals surface area (Å²) in [4.78, 5) is 27.9. The lowest BCUT2D eigenvalue weighted by atomic mass is 9.98. The predicted octanol–water partition coefficient (Wildman–Crippen LogP) is 8.85. The van der Waals surface area contributed by atoms with Crippen molar-refractivity contribution < 1.29 is 0 Å². The first-order chi connectivity index (χ1) is 23.1. The first kappa shape index (κ1) is 28.1. The minimum absolute atomic E-state index is 0.0692. The SMILES string of the molecule is Cn1c(=O)n(-c2ccccc2)c2cccc(-c3ccc(-c4ccc(-c5nc(-c6ccccc6)nc(-c6ccccc6)n5)cc4)cc3)c21. The maximum Gasteiger partial charge on any atom is 0.333 e. The molecule has 0 bridgehead atoms. The highest BCUT2D eigenvalue weighted by Gasteiger charge is 2.17. The molecule has 2 aromatic heterocycles. The van der Waals surface area contributed by atoms with Gasteiger partial charge >= 0.3 is 5.69 Å². The van der Waals surface area contributed by atoms with Gasteiger partial charge in [-0.3, -0.25) is 9.13 Å². The summed E-state index contributed by atoms with van der Waals surface area (Å²) in [6, 6.07) is 52.6. The fourth-order valence-corrected chi connectivity index (χ4v) is 6.06. The molecule has 0 radical (unpaired) electrons. The average molecular weight is 608 g/mol. The molecule has 0 N–H and O–H groups in total. The molecule has 0 saturated carbocycles. The molecular formula is C41H29N5O. The molecule has 0 aliphatic carbocycles. The highest BCUT2D eigenvalue weighted by Crippen LogP contribution is 2.32. The van der Waals surface area contributed by atoms with Crippen molar-refractivity contribution in [1.29, 1.82) is 0 Å². The van der Waals surface area contributed by atoms with Gasteiger partial charge in [0, 0.05) is 29.3 Å². The summed E-state index contributed by atoms with van der Waals surface area (Å²) in [6.07, 6.45) is 0. The first-order valence-corrected chi connectivity index (χ1v) is 15.5. The maximum absolute atomic E-state index is 13.3. The van der Waals surface area contributed by atoms with Gasteiger partial charge in [0.1, 0.15) is 0 Å². The van der Waals surface area contributed by atoms with E-state index in [9.17, 15) is 4.79 Å². The third-order valence-corrected chi connectivity index (χ3v) is 8.46. The molecule has 2 heterocycles. The predicted molar refractivity (Wildman–Crippen MR) is 189 cm³/mol. The summed E-state index contributed by atoms with van der Waals surface area (Å²) in [5.41, 5.74) is 9.60. The van der Waals surface area contributed by atoms with Crippen molar-refractivity contribution in [3.8, 4) is 62.1 Å². The molecule has 0 unspecified atom stereocenters. The molecule has 8 rings (SSSR count). The topological polar surface area (TPSA) is 65.6 Å². The van der Waals surface area contributed by atoms with Gasteiger partial charge in [-0.1, -0.05) is 140 Å². The summed E-state index contributed by atoms with van der Waals surface area (Å²) in [7, 11) is 1.83. The molecule has 8 aromatic rings. The number of para-hydroxylation sites is 2. The molecule has 0 atom stereocenters. The van der Waals surface area contributed by atoms with E-state index in [1.54, 1.807) is 9.13 Å². The molecule has 0 fully saturated rings. The molecule has 0 aliphatic rings. The molecule has 0 aliphatic heterocycles. The zero-order valence-electron chi connectivity index (χ0n) is 25.7. The van der Waals surface area contributed by atoms with Crippen LogP contribution in [0.2, 0.25) is 0 Å². The van der Waals surface area contributed by atoms with Crippen LogP contribution >= 0.6 is 0 Å². The van der Waals surface area contributed by atoms with Crippen LogP contribution in [0.3, 0.4) is 0 Å². The molecule has 6 aromatic carbocycles. The zero-order valence-corrected chi connectivity index (χ0v) is 25.7. The Morgan fingerprint density at radius 3 is 1.36 bits per heavy atom. The van der Waals surface area contributed by atoms with Crippen LogP contribution in [0, 0.1) is 0 Å². The highest BCUT2D eigenvalue weighted by atomic mass is 16.1. The normalized spacial score (nSPS) is 11.2. The van der Waals surface area contributed by atoms with Crippen molar-refractivity contribution in [2.24, 2.45) is 7.05 Å². The first-order valence-electron chi connectivity index (χ1n) is 15.5. The summed E-state index contributed by atoms with van der Waals surface area (Å²) < 4.78 is 3.50. The Morgan fingerprint density at radius 2 is 0.851 bits per heavy atom. The number of hydrogen-bond acceptors (Lipinski definition) is 4. The van der Waals surface area contributed by atoms with Gasteiger partial charge in [-0.25, -0.2) is 19.7 Å². The Bertz CT molecular complexity index is 2340. The number of aromatic nitrogens is 5. The van der Waals surface area contributed by atoms with Crippen molar-refractivity contribution in [3.63, 3.8) is 0 Å². The molecule has 224 valence electrons. The molecular weight excluding hydrogens is 578 g/mol. The van der Waals surface area contributed by atoms with Gasteiger partial charge in [0.05, 0.1) is 16.7 Å². The lowest BCUT2D eigenvalue weighted by Crippen LogP contribution is -2.20. The van der Waals surface area contributed by atoms with Crippen LogP contribution in [-0.2, 0) is 7.05 Å². The summed E-state index contributed by atoms with van der Waals surface area (Å²) in [5, 5.41) is 0. The lowest BCUT2D eigenvalue weighted by molar-refractivity contribution is 0.847. The number of nitrogens with zero attached hydrogens (tertiary/aromatic N) is 5. The number of imidazole rings is 1. The number of aryl methyl sites for hydroxylation is 1. The van der Waals surface area contributed by atoms with Crippen LogP contribution in [0.5, 0.6) is 0 Å². The number of benzene rings is 6. The van der Waals surface area contributed by atoms with Crippen LogP contribution in [0.15, 0.2) is 163 Å². The molecule has 6 heteroatoms. The van der Waals surface area contributed by atoms with Crippen LogP contribution in [-0.4, -0.2) is 24.1 Å². The van der Waals surface area contributed by atoms with Gasteiger partial charge in [-0.05, 0) is 34.9 Å².